The van der Waals surface area contributed by atoms with Crippen LogP contribution in [0.5, 0.6) is 11.5 Å². The van der Waals surface area contributed by atoms with E-state index in [1.165, 1.54) is 6.92 Å². The molecule has 0 unspecified atom stereocenters. The molecule has 8 nitrogen and oxygen atoms in total. The molecule has 2 aliphatic rings. The fraction of sp³-hybridized carbons (Fsp3) is 0.185. The summed E-state index contributed by atoms with van der Waals surface area (Å²) in [4.78, 5) is 30.4. The predicted octanol–water partition coefficient (Wildman–Crippen LogP) is 3.93. The summed E-state index contributed by atoms with van der Waals surface area (Å²) in [5, 5.41) is 9.79. The number of fused-ring (bicyclic) bond motifs is 3. The lowest BCUT2D eigenvalue weighted by Crippen LogP contribution is -2.19. The minimum Gasteiger partial charge on any atom is -0.454 e. The van der Waals surface area contributed by atoms with E-state index in [0.717, 1.165) is 22.4 Å². The Labute approximate surface area is 201 Å². The first kappa shape index (κ1) is 22.2. The third-order valence-corrected chi connectivity index (χ3v) is 6.00. The monoisotopic (exact) mass is 467 g/mol. The highest BCUT2D eigenvalue weighted by molar-refractivity contribution is 6.08. The van der Waals surface area contributed by atoms with Crippen LogP contribution in [-0.4, -0.2) is 30.1 Å². The second-order valence-electron chi connectivity index (χ2n) is 8.28. The molecule has 0 fully saturated rings. The summed E-state index contributed by atoms with van der Waals surface area (Å²) in [5.74, 6) is 0.127. The molecule has 2 aromatic carbocycles. The summed E-state index contributed by atoms with van der Waals surface area (Å²) in [6, 6.07) is 14.8. The summed E-state index contributed by atoms with van der Waals surface area (Å²) < 4.78 is 16.2. The molecular weight excluding hydrogens is 446 g/mol. The largest absolute Gasteiger partial charge is 0.454 e. The Hall–Kier alpha value is -4.64. The van der Waals surface area contributed by atoms with Crippen LogP contribution in [0.25, 0.3) is 22.6 Å². The maximum absolute atomic E-state index is 13.2. The lowest BCUT2D eigenvalue weighted by Gasteiger charge is -2.12. The number of hydrogen-bond donors (Lipinski definition) is 1. The minimum absolute atomic E-state index is 0.0853. The number of nitriles is 1. The van der Waals surface area contributed by atoms with Gasteiger partial charge in [-0.1, -0.05) is 24.3 Å². The molecule has 0 amide bonds. The van der Waals surface area contributed by atoms with E-state index in [2.05, 4.69) is 0 Å². The number of para-hydroxylation sites is 1. The number of aromatic nitrogens is 1. The summed E-state index contributed by atoms with van der Waals surface area (Å²) in [5.41, 5.74) is 9.94. The van der Waals surface area contributed by atoms with Gasteiger partial charge in [-0.15, -0.1) is 0 Å². The molecule has 3 aromatic rings. The van der Waals surface area contributed by atoms with Crippen LogP contribution in [0.3, 0.4) is 0 Å². The van der Waals surface area contributed by atoms with Crippen molar-refractivity contribution in [2.24, 2.45) is 5.73 Å². The van der Waals surface area contributed by atoms with Crippen molar-refractivity contribution in [3.63, 3.8) is 0 Å². The van der Waals surface area contributed by atoms with E-state index in [-0.39, 0.29) is 18.1 Å². The van der Waals surface area contributed by atoms with Gasteiger partial charge in [0.05, 0.1) is 16.8 Å². The molecule has 2 heterocycles. The number of carbonyl (C=O) groups is 2. The van der Waals surface area contributed by atoms with Crippen molar-refractivity contribution in [1.82, 2.24) is 4.98 Å². The average molecular weight is 467 g/mol. The fourth-order valence-electron chi connectivity index (χ4n) is 4.36. The SMILES string of the molecule is C/C(N)=C(/C#N)C(=O)COC(=O)c1c2c(nc3ccccc13)/C(=C\c1ccc3c(c1)OCO3)CC2. The Bertz CT molecular complexity index is 1490. The van der Waals surface area contributed by atoms with Crippen molar-refractivity contribution in [2.45, 2.75) is 19.8 Å². The number of benzene rings is 2. The maximum Gasteiger partial charge on any atom is 0.339 e. The number of nitrogens with zero attached hydrogens (tertiary/aromatic N) is 2. The number of ketones is 1. The van der Waals surface area contributed by atoms with E-state index in [1.54, 1.807) is 6.07 Å². The minimum atomic E-state index is -0.640. The molecule has 1 aromatic heterocycles. The van der Waals surface area contributed by atoms with Gasteiger partial charge in [-0.2, -0.15) is 5.26 Å². The Kier molecular flexibility index (Phi) is 5.67. The summed E-state index contributed by atoms with van der Waals surface area (Å²) in [7, 11) is 0. The topological polar surface area (TPSA) is 125 Å². The molecule has 8 heteroatoms. The standard InChI is InChI=1S/C27H21N3O5/c1-15(29)20(12-28)22(31)13-33-27(32)25-18-4-2-3-5-21(18)30-26-17(7-8-19(25)26)10-16-6-9-23-24(11-16)35-14-34-23/h2-6,9-11H,7-8,13-14,29H2,1H3/b17-10-,20-15+. The van der Waals surface area contributed by atoms with Crippen LogP contribution >= 0.6 is 0 Å². The van der Waals surface area contributed by atoms with Crippen molar-refractivity contribution >= 4 is 34.3 Å². The molecule has 0 atom stereocenters. The molecule has 0 spiro atoms. The van der Waals surface area contributed by atoms with E-state index in [9.17, 15) is 9.59 Å². The van der Waals surface area contributed by atoms with Crippen LogP contribution in [0, 0.1) is 11.3 Å². The Morgan fingerprint density at radius 2 is 1.97 bits per heavy atom. The quantitative estimate of drug-likeness (QED) is 0.340. The van der Waals surface area contributed by atoms with Gasteiger partial charge >= 0.3 is 5.97 Å². The second kappa shape index (κ2) is 8.95. The maximum atomic E-state index is 13.2. The Balaban J connectivity index is 1.51. The van der Waals surface area contributed by atoms with Crippen LogP contribution in [0.1, 0.15) is 40.5 Å². The molecule has 5 rings (SSSR count). The molecule has 0 bridgehead atoms. The molecular formula is C27H21N3O5. The summed E-state index contributed by atoms with van der Waals surface area (Å²) in [6.07, 6.45) is 3.33. The smallest absolute Gasteiger partial charge is 0.339 e. The molecule has 1 aliphatic carbocycles. The highest BCUT2D eigenvalue weighted by atomic mass is 16.7. The molecule has 35 heavy (non-hydrogen) atoms. The zero-order valence-corrected chi connectivity index (χ0v) is 19.0. The Morgan fingerprint density at radius 1 is 1.17 bits per heavy atom. The molecule has 1 aliphatic heterocycles. The van der Waals surface area contributed by atoms with Gasteiger partial charge in [0.1, 0.15) is 11.6 Å². The number of pyridine rings is 1. The molecule has 2 N–H and O–H groups in total. The number of esters is 1. The van der Waals surface area contributed by atoms with Gasteiger partial charge in [0, 0.05) is 11.1 Å². The highest BCUT2D eigenvalue weighted by Crippen LogP contribution is 2.39. The lowest BCUT2D eigenvalue weighted by atomic mass is 10.0. The second-order valence-corrected chi connectivity index (χ2v) is 8.28. The third kappa shape index (κ3) is 4.08. The van der Waals surface area contributed by atoms with Crippen LogP contribution in [0.4, 0.5) is 0 Å². The van der Waals surface area contributed by atoms with E-state index < -0.39 is 18.4 Å². The zero-order valence-electron chi connectivity index (χ0n) is 19.0. The first-order valence-electron chi connectivity index (χ1n) is 11.0. The Morgan fingerprint density at radius 3 is 2.77 bits per heavy atom. The van der Waals surface area contributed by atoms with Crippen LogP contribution < -0.4 is 15.2 Å². The molecule has 0 radical (unpaired) electrons. The predicted molar refractivity (Wildman–Crippen MR) is 128 cm³/mol. The number of rotatable bonds is 5. The van der Waals surface area contributed by atoms with Gasteiger partial charge in [0.15, 0.2) is 18.1 Å². The highest BCUT2D eigenvalue weighted by Gasteiger charge is 2.28. The summed E-state index contributed by atoms with van der Waals surface area (Å²) >= 11 is 0. The van der Waals surface area contributed by atoms with Crippen molar-refractivity contribution in [3.8, 4) is 17.6 Å². The van der Waals surface area contributed by atoms with Gasteiger partial charge in [-0.25, -0.2) is 9.78 Å². The van der Waals surface area contributed by atoms with Crippen molar-refractivity contribution < 1.29 is 23.8 Å². The molecule has 0 saturated heterocycles. The van der Waals surface area contributed by atoms with E-state index in [4.69, 9.17) is 30.2 Å². The van der Waals surface area contributed by atoms with E-state index in [0.29, 0.717) is 40.8 Å². The average Bonchev–Trinajstić information content (AvgIpc) is 3.48. The zero-order chi connectivity index (χ0) is 24.5. The van der Waals surface area contributed by atoms with Crippen LogP contribution in [0.2, 0.25) is 0 Å². The number of carbonyl (C=O) groups excluding carboxylic acids is 2. The first-order chi connectivity index (χ1) is 17.0. The lowest BCUT2D eigenvalue weighted by molar-refractivity contribution is -0.118. The van der Waals surface area contributed by atoms with Crippen molar-refractivity contribution in [1.29, 1.82) is 5.26 Å². The molecule has 174 valence electrons. The van der Waals surface area contributed by atoms with Gasteiger partial charge in [-0.05, 0) is 60.7 Å². The van der Waals surface area contributed by atoms with Gasteiger partial charge in [0.2, 0.25) is 12.6 Å². The fourth-order valence-corrected chi connectivity index (χ4v) is 4.36. The number of Topliss-reactive ketones (excluding diaryl/α,β-unsaturated/α-hetero) is 1. The summed E-state index contributed by atoms with van der Waals surface area (Å²) in [6.45, 7) is 1.09. The number of nitrogens with two attached hydrogens (primary N) is 1. The van der Waals surface area contributed by atoms with Crippen LogP contribution in [-0.2, 0) is 16.0 Å². The first-order valence-corrected chi connectivity index (χ1v) is 11.0. The number of allylic oxidation sites excluding steroid dienone is 2. The number of ether oxygens (including phenoxy) is 3. The van der Waals surface area contributed by atoms with Crippen LogP contribution in [0.15, 0.2) is 53.7 Å². The molecule has 0 saturated carbocycles. The normalized spacial score (nSPS) is 15.5. The van der Waals surface area contributed by atoms with Gasteiger partial charge < -0.3 is 19.9 Å². The number of hydrogen-bond acceptors (Lipinski definition) is 8. The van der Waals surface area contributed by atoms with Gasteiger partial charge in [-0.3, -0.25) is 4.79 Å². The van der Waals surface area contributed by atoms with Crippen molar-refractivity contribution in [3.05, 3.63) is 76.1 Å². The van der Waals surface area contributed by atoms with Crippen molar-refractivity contribution in [2.75, 3.05) is 13.4 Å². The third-order valence-electron chi connectivity index (χ3n) is 6.00. The van der Waals surface area contributed by atoms with E-state index >= 15 is 0 Å². The van der Waals surface area contributed by atoms with Gasteiger partial charge in [0.25, 0.3) is 0 Å². The van der Waals surface area contributed by atoms with E-state index in [1.807, 2.05) is 48.5 Å².